The molecule has 5 atom stereocenters. The number of amides is 3. The third-order valence-corrected chi connectivity index (χ3v) is 8.01. The minimum absolute atomic E-state index is 0.0801. The Morgan fingerprint density at radius 3 is 2.32 bits per heavy atom. The van der Waals surface area contributed by atoms with Gasteiger partial charge in [-0.05, 0) is 39.0 Å². The zero-order chi connectivity index (χ0) is 28.5. The largest absolute Gasteiger partial charge is 0.481 e. The number of aliphatic carboxylic acids is 1. The summed E-state index contributed by atoms with van der Waals surface area (Å²) in [6, 6.07) is -0.991. The first-order valence-corrected chi connectivity index (χ1v) is 14.7. The van der Waals surface area contributed by atoms with Crippen LogP contribution in [0.4, 0.5) is 4.79 Å². The summed E-state index contributed by atoms with van der Waals surface area (Å²) in [5.41, 5.74) is -0.571. The number of urea groups is 1. The van der Waals surface area contributed by atoms with E-state index < -0.39 is 29.3 Å². The molecule has 1 aliphatic carbocycles. The number of carbonyl (C=O) groups excluding carboxylic acids is 2. The fourth-order valence-corrected chi connectivity index (χ4v) is 5.64. The molecule has 0 aromatic heterocycles. The Balaban J connectivity index is 2.18. The van der Waals surface area contributed by atoms with Crippen molar-refractivity contribution in [2.24, 2.45) is 17.3 Å². The molecule has 0 bridgehead atoms. The van der Waals surface area contributed by atoms with E-state index in [1.54, 1.807) is 13.8 Å². The van der Waals surface area contributed by atoms with Crippen molar-refractivity contribution in [1.82, 2.24) is 16.0 Å². The van der Waals surface area contributed by atoms with Gasteiger partial charge in [0.2, 0.25) is 5.91 Å². The van der Waals surface area contributed by atoms with Crippen LogP contribution in [-0.4, -0.2) is 59.6 Å². The van der Waals surface area contributed by atoms with Crippen LogP contribution in [-0.2, 0) is 19.1 Å². The predicted octanol–water partition coefficient (Wildman–Crippen LogP) is 4.98. The summed E-state index contributed by atoms with van der Waals surface area (Å²) in [7, 11) is 0. The van der Waals surface area contributed by atoms with Gasteiger partial charge in [-0.2, -0.15) is 0 Å². The topological polar surface area (TPSA) is 126 Å². The van der Waals surface area contributed by atoms with Crippen LogP contribution in [0.5, 0.6) is 0 Å². The first-order chi connectivity index (χ1) is 17.8. The number of nitrogens with one attached hydrogen (secondary N) is 3. The molecule has 9 heteroatoms. The molecule has 1 saturated carbocycles. The Bertz CT molecular complexity index is 784. The number of carboxylic acid groups (broad SMARTS) is 1. The van der Waals surface area contributed by atoms with Crippen molar-refractivity contribution >= 4 is 17.9 Å². The summed E-state index contributed by atoms with van der Waals surface area (Å²) in [6.45, 7) is 14.1. The van der Waals surface area contributed by atoms with E-state index in [1.165, 1.54) is 0 Å². The summed E-state index contributed by atoms with van der Waals surface area (Å²) in [4.78, 5) is 38.5. The zero-order valence-electron chi connectivity index (χ0n) is 24.7. The molecule has 1 saturated heterocycles. The maximum atomic E-state index is 13.5. The smallest absolute Gasteiger partial charge is 0.315 e. The molecule has 0 spiro atoms. The first kappa shape index (κ1) is 32.3. The minimum atomic E-state index is -0.981. The SMILES string of the molecule is CCCCCC(NC(=O)NC1CCCCCC1C(CC(=O)O)NC(=O)C1OC(C)(C)OCC1(C)C)C(C)C. The van der Waals surface area contributed by atoms with E-state index in [9.17, 15) is 19.5 Å². The Hall–Kier alpha value is -1.87. The average Bonchev–Trinajstić information content (AvgIpc) is 3.04. The highest BCUT2D eigenvalue weighted by Crippen LogP contribution is 2.35. The average molecular weight is 540 g/mol. The van der Waals surface area contributed by atoms with Gasteiger partial charge < -0.3 is 30.5 Å². The highest BCUT2D eigenvalue weighted by molar-refractivity contribution is 5.83. The van der Waals surface area contributed by atoms with Gasteiger partial charge in [-0.25, -0.2) is 4.79 Å². The minimum Gasteiger partial charge on any atom is -0.481 e. The molecule has 0 aromatic rings. The molecule has 2 fully saturated rings. The fraction of sp³-hybridized carbons (Fsp3) is 0.897. The number of carboxylic acids is 1. The molecule has 220 valence electrons. The molecule has 3 amide bonds. The second kappa shape index (κ2) is 14.5. The number of rotatable bonds is 12. The van der Waals surface area contributed by atoms with E-state index in [0.717, 1.165) is 57.8 Å². The molecule has 9 nitrogen and oxygen atoms in total. The lowest BCUT2D eigenvalue weighted by atomic mass is 9.83. The molecular formula is C29H53N3O6. The summed E-state index contributed by atoms with van der Waals surface area (Å²) in [5.74, 6) is -2.11. The maximum Gasteiger partial charge on any atom is 0.315 e. The third-order valence-electron chi connectivity index (χ3n) is 8.01. The molecule has 5 unspecified atom stereocenters. The number of carbonyl (C=O) groups is 3. The Morgan fingerprint density at radius 1 is 1.00 bits per heavy atom. The van der Waals surface area contributed by atoms with Crippen molar-refractivity contribution in [3.63, 3.8) is 0 Å². The van der Waals surface area contributed by atoms with Crippen molar-refractivity contribution in [2.45, 2.75) is 143 Å². The predicted molar refractivity (Wildman–Crippen MR) is 148 cm³/mol. The molecule has 1 aliphatic heterocycles. The van der Waals surface area contributed by atoms with Crippen molar-refractivity contribution in [2.75, 3.05) is 6.61 Å². The van der Waals surface area contributed by atoms with E-state index in [1.807, 2.05) is 13.8 Å². The monoisotopic (exact) mass is 539 g/mol. The molecule has 1 heterocycles. The van der Waals surface area contributed by atoms with E-state index in [0.29, 0.717) is 12.5 Å². The van der Waals surface area contributed by atoms with Crippen LogP contribution >= 0.6 is 0 Å². The molecule has 0 aromatic carbocycles. The van der Waals surface area contributed by atoms with Gasteiger partial charge >= 0.3 is 12.0 Å². The van der Waals surface area contributed by atoms with Crippen LogP contribution < -0.4 is 16.0 Å². The molecule has 38 heavy (non-hydrogen) atoms. The normalized spacial score (nSPS) is 26.6. The Morgan fingerprint density at radius 2 is 1.68 bits per heavy atom. The second-order valence-electron chi connectivity index (χ2n) is 12.8. The number of ether oxygens (including phenoxy) is 2. The van der Waals surface area contributed by atoms with Gasteiger partial charge in [-0.3, -0.25) is 9.59 Å². The van der Waals surface area contributed by atoms with Crippen molar-refractivity contribution in [3.05, 3.63) is 0 Å². The third kappa shape index (κ3) is 10.0. The van der Waals surface area contributed by atoms with Crippen molar-refractivity contribution < 1.29 is 29.0 Å². The van der Waals surface area contributed by atoms with Crippen LogP contribution in [0.1, 0.15) is 113 Å². The van der Waals surface area contributed by atoms with E-state index >= 15 is 0 Å². The van der Waals surface area contributed by atoms with Gasteiger partial charge in [0.15, 0.2) is 5.79 Å². The summed E-state index contributed by atoms with van der Waals surface area (Å²) < 4.78 is 11.8. The van der Waals surface area contributed by atoms with Crippen LogP contribution in [0.3, 0.4) is 0 Å². The van der Waals surface area contributed by atoms with Crippen molar-refractivity contribution in [3.8, 4) is 0 Å². The number of hydrogen-bond acceptors (Lipinski definition) is 5. The molecule has 4 N–H and O–H groups in total. The molecular weight excluding hydrogens is 486 g/mol. The fourth-order valence-electron chi connectivity index (χ4n) is 5.64. The summed E-state index contributed by atoms with van der Waals surface area (Å²) in [5, 5.41) is 19.1. The zero-order valence-corrected chi connectivity index (χ0v) is 24.7. The molecule has 0 radical (unpaired) electrons. The van der Waals surface area contributed by atoms with Crippen LogP contribution in [0.25, 0.3) is 0 Å². The van der Waals surface area contributed by atoms with E-state index in [-0.39, 0.29) is 36.4 Å². The van der Waals surface area contributed by atoms with Crippen LogP contribution in [0.15, 0.2) is 0 Å². The highest BCUT2D eigenvalue weighted by Gasteiger charge is 2.47. The van der Waals surface area contributed by atoms with Crippen LogP contribution in [0, 0.1) is 17.3 Å². The van der Waals surface area contributed by atoms with Crippen LogP contribution in [0.2, 0.25) is 0 Å². The van der Waals surface area contributed by atoms with Gasteiger partial charge in [0, 0.05) is 29.5 Å². The molecule has 2 rings (SSSR count). The lowest BCUT2D eigenvalue weighted by Crippen LogP contribution is -2.60. The Kier molecular flexibility index (Phi) is 12.3. The number of unbranched alkanes of at least 4 members (excludes halogenated alkanes) is 2. The van der Waals surface area contributed by atoms with Gasteiger partial charge in [0.05, 0.1) is 13.0 Å². The second-order valence-corrected chi connectivity index (χ2v) is 12.8. The first-order valence-electron chi connectivity index (χ1n) is 14.7. The van der Waals surface area contributed by atoms with Gasteiger partial charge in [-0.1, -0.05) is 73.1 Å². The summed E-state index contributed by atoms with van der Waals surface area (Å²) >= 11 is 0. The standard InChI is InChI=1S/C29H53N3O6/c1-8-9-11-15-21(19(2)3)31-27(36)32-22-16-13-10-12-14-20(22)23(17-24(33)34)30-26(35)25-28(4,5)18-37-29(6,7)38-25/h19-23,25H,8-18H2,1-7H3,(H,30,35)(H,33,34)(H2,31,32,36). The lowest BCUT2D eigenvalue weighted by Gasteiger charge is -2.45. The van der Waals surface area contributed by atoms with E-state index in [2.05, 4.69) is 36.7 Å². The van der Waals surface area contributed by atoms with E-state index in [4.69, 9.17) is 9.47 Å². The maximum absolute atomic E-state index is 13.5. The summed E-state index contributed by atoms with van der Waals surface area (Å²) in [6.07, 6.45) is 7.64. The van der Waals surface area contributed by atoms with Gasteiger partial charge in [0.25, 0.3) is 0 Å². The Labute approximate surface area is 229 Å². The quantitative estimate of drug-likeness (QED) is 0.205. The van der Waals surface area contributed by atoms with Gasteiger partial charge in [-0.15, -0.1) is 0 Å². The lowest BCUT2D eigenvalue weighted by molar-refractivity contribution is -0.304. The molecule has 2 aliphatic rings. The van der Waals surface area contributed by atoms with Crippen molar-refractivity contribution in [1.29, 1.82) is 0 Å². The number of hydrogen-bond donors (Lipinski definition) is 4. The van der Waals surface area contributed by atoms with Gasteiger partial charge in [0.1, 0.15) is 6.10 Å². The highest BCUT2D eigenvalue weighted by atomic mass is 16.7.